The predicted molar refractivity (Wildman–Crippen MR) is 129 cm³/mol. The molecule has 0 radical (unpaired) electrons. The molecule has 186 valence electrons. The van der Waals surface area contributed by atoms with Crippen molar-refractivity contribution >= 4 is 5.97 Å². The highest BCUT2D eigenvalue weighted by Gasteiger charge is 2.02. The van der Waals surface area contributed by atoms with Crippen LogP contribution in [-0.4, -0.2) is 52.2 Å². The number of esters is 1. The van der Waals surface area contributed by atoms with Crippen LogP contribution < -0.4 is 0 Å². The summed E-state index contributed by atoms with van der Waals surface area (Å²) in [7, 11) is 0. The zero-order valence-corrected chi connectivity index (χ0v) is 20.8. The lowest BCUT2D eigenvalue weighted by atomic mass is 10.1. The fraction of sp³-hybridized carbons (Fsp3) is 0.962. The molecule has 0 aliphatic heterocycles. The van der Waals surface area contributed by atoms with Crippen LogP contribution in [0.5, 0.6) is 0 Å². The Labute approximate surface area is 192 Å². The van der Waals surface area contributed by atoms with Gasteiger partial charge in [-0.3, -0.25) is 4.79 Å². The smallest absolute Gasteiger partial charge is 0.305 e. The van der Waals surface area contributed by atoms with Gasteiger partial charge in [-0.15, -0.1) is 0 Å². The van der Waals surface area contributed by atoms with Gasteiger partial charge < -0.3 is 18.9 Å². The first-order chi connectivity index (χ1) is 15.3. The van der Waals surface area contributed by atoms with E-state index in [-0.39, 0.29) is 5.97 Å². The Morgan fingerprint density at radius 3 is 1.35 bits per heavy atom. The Morgan fingerprint density at radius 2 is 0.839 bits per heavy atom. The molecule has 0 rings (SSSR count). The van der Waals surface area contributed by atoms with Gasteiger partial charge in [-0.25, -0.2) is 0 Å². The molecule has 0 aliphatic rings. The Bertz CT molecular complexity index is 349. The van der Waals surface area contributed by atoms with E-state index >= 15 is 0 Å². The lowest BCUT2D eigenvalue weighted by Gasteiger charge is -2.08. The van der Waals surface area contributed by atoms with Gasteiger partial charge in [0, 0.05) is 13.0 Å². The van der Waals surface area contributed by atoms with Crippen molar-refractivity contribution in [3.63, 3.8) is 0 Å². The van der Waals surface area contributed by atoms with Crippen molar-refractivity contribution in [2.75, 3.05) is 46.2 Å². The largest absolute Gasteiger partial charge is 0.463 e. The molecule has 0 spiro atoms. The second kappa shape index (κ2) is 27.4. The van der Waals surface area contributed by atoms with Crippen molar-refractivity contribution in [1.29, 1.82) is 0 Å². The molecule has 0 aromatic rings. The predicted octanol–water partition coefficient (Wildman–Crippen LogP) is 6.86. The van der Waals surface area contributed by atoms with E-state index in [0.29, 0.717) is 46.1 Å². The molecule has 5 nitrogen and oxygen atoms in total. The first-order valence-electron chi connectivity index (χ1n) is 13.2. The molecule has 31 heavy (non-hydrogen) atoms. The number of carbonyl (C=O) groups excluding carboxylic acids is 1. The summed E-state index contributed by atoms with van der Waals surface area (Å²) in [4.78, 5) is 11.5. The van der Waals surface area contributed by atoms with E-state index in [2.05, 4.69) is 13.8 Å². The highest BCUT2D eigenvalue weighted by Crippen LogP contribution is 2.11. The molecule has 5 heteroatoms. The minimum atomic E-state index is -0.120. The van der Waals surface area contributed by atoms with Gasteiger partial charge in [0.25, 0.3) is 0 Å². The van der Waals surface area contributed by atoms with Crippen LogP contribution in [0.2, 0.25) is 0 Å². The second-order valence-corrected chi connectivity index (χ2v) is 8.40. The molecule has 0 N–H and O–H groups in total. The average Bonchev–Trinajstić information content (AvgIpc) is 2.77. The van der Waals surface area contributed by atoms with Crippen molar-refractivity contribution in [1.82, 2.24) is 0 Å². The number of unbranched alkanes of at least 4 members (excludes halogenated alkanes) is 13. The highest BCUT2D eigenvalue weighted by molar-refractivity contribution is 5.69. The summed E-state index contributed by atoms with van der Waals surface area (Å²) in [5.74, 6) is -0.120. The molecule has 0 fully saturated rings. The van der Waals surface area contributed by atoms with Crippen molar-refractivity contribution in [2.24, 2.45) is 0 Å². The van der Waals surface area contributed by atoms with Crippen molar-refractivity contribution in [2.45, 2.75) is 117 Å². The van der Waals surface area contributed by atoms with Gasteiger partial charge in [0.2, 0.25) is 0 Å². The summed E-state index contributed by atoms with van der Waals surface area (Å²) in [5, 5.41) is 0. The molecular weight excluding hydrogens is 392 g/mol. The molecule has 0 heterocycles. The van der Waals surface area contributed by atoms with Crippen molar-refractivity contribution in [3.8, 4) is 0 Å². The van der Waals surface area contributed by atoms with Gasteiger partial charge in [-0.05, 0) is 12.8 Å². The first kappa shape index (κ1) is 30.4. The van der Waals surface area contributed by atoms with Crippen LogP contribution in [0, 0.1) is 0 Å². The van der Waals surface area contributed by atoms with Gasteiger partial charge in [0.15, 0.2) is 0 Å². The van der Waals surface area contributed by atoms with Crippen molar-refractivity contribution < 1.29 is 23.7 Å². The molecule has 0 aromatic heterocycles. The maximum atomic E-state index is 11.5. The zero-order chi connectivity index (χ0) is 22.7. The van der Waals surface area contributed by atoms with E-state index in [0.717, 1.165) is 25.9 Å². The van der Waals surface area contributed by atoms with E-state index in [1.165, 1.54) is 77.0 Å². The van der Waals surface area contributed by atoms with Crippen LogP contribution >= 0.6 is 0 Å². The second-order valence-electron chi connectivity index (χ2n) is 8.40. The standard InChI is InChI=1S/C26H52O5/c1-3-5-7-9-10-11-12-13-14-15-17-19-28-20-21-29-22-23-30-24-25-31-26(27)18-16-8-6-4-2/h3-25H2,1-2H3. The molecule has 0 unspecified atom stereocenters. The van der Waals surface area contributed by atoms with E-state index in [1.807, 2.05) is 0 Å². The SMILES string of the molecule is CCCCCCCCCCCCCOCCOCCOCCOC(=O)CCCCCC. The molecular formula is C26H52O5. The minimum Gasteiger partial charge on any atom is -0.463 e. The molecule has 0 saturated heterocycles. The summed E-state index contributed by atoms with van der Waals surface area (Å²) in [6, 6.07) is 0. The van der Waals surface area contributed by atoms with Gasteiger partial charge in [0.1, 0.15) is 6.61 Å². The van der Waals surface area contributed by atoms with Crippen molar-refractivity contribution in [3.05, 3.63) is 0 Å². The van der Waals surface area contributed by atoms with Crippen LogP contribution in [0.15, 0.2) is 0 Å². The maximum Gasteiger partial charge on any atom is 0.305 e. The van der Waals surface area contributed by atoms with Gasteiger partial charge in [-0.1, -0.05) is 97.3 Å². The zero-order valence-electron chi connectivity index (χ0n) is 20.8. The normalized spacial score (nSPS) is 11.2. The lowest BCUT2D eigenvalue weighted by Crippen LogP contribution is -2.14. The van der Waals surface area contributed by atoms with Gasteiger partial charge in [-0.2, -0.15) is 0 Å². The van der Waals surface area contributed by atoms with Crippen LogP contribution in [0.4, 0.5) is 0 Å². The lowest BCUT2D eigenvalue weighted by molar-refractivity contribution is -0.145. The van der Waals surface area contributed by atoms with Crippen LogP contribution in [0.3, 0.4) is 0 Å². The Hall–Kier alpha value is -0.650. The summed E-state index contributed by atoms with van der Waals surface area (Å²) in [5.41, 5.74) is 0. The molecule has 0 aromatic carbocycles. The van der Waals surface area contributed by atoms with E-state index in [9.17, 15) is 4.79 Å². The van der Waals surface area contributed by atoms with Crippen LogP contribution in [0.1, 0.15) is 117 Å². The fourth-order valence-corrected chi connectivity index (χ4v) is 3.39. The van der Waals surface area contributed by atoms with E-state index < -0.39 is 0 Å². The number of carbonyl (C=O) groups is 1. The Morgan fingerprint density at radius 1 is 0.452 bits per heavy atom. The topological polar surface area (TPSA) is 54.0 Å². The molecule has 0 amide bonds. The molecule has 0 bridgehead atoms. The maximum absolute atomic E-state index is 11.5. The number of rotatable bonds is 26. The molecule has 0 aliphatic carbocycles. The quantitative estimate of drug-likeness (QED) is 0.108. The number of ether oxygens (including phenoxy) is 4. The monoisotopic (exact) mass is 444 g/mol. The van der Waals surface area contributed by atoms with Crippen LogP contribution in [0.25, 0.3) is 0 Å². The number of hydrogen-bond acceptors (Lipinski definition) is 5. The average molecular weight is 445 g/mol. The van der Waals surface area contributed by atoms with E-state index in [4.69, 9.17) is 18.9 Å². The molecule has 0 saturated carbocycles. The Kier molecular flexibility index (Phi) is 26.8. The third-order valence-electron chi connectivity index (χ3n) is 5.36. The third-order valence-corrected chi connectivity index (χ3v) is 5.36. The van der Waals surface area contributed by atoms with E-state index in [1.54, 1.807) is 0 Å². The molecule has 0 atom stereocenters. The first-order valence-corrected chi connectivity index (χ1v) is 13.2. The summed E-state index contributed by atoms with van der Waals surface area (Å²) in [6.45, 7) is 8.34. The minimum absolute atomic E-state index is 0.120. The highest BCUT2D eigenvalue weighted by atomic mass is 16.6. The summed E-state index contributed by atoms with van der Waals surface area (Å²) < 4.78 is 21.6. The van der Waals surface area contributed by atoms with Gasteiger partial charge >= 0.3 is 5.97 Å². The third kappa shape index (κ3) is 27.3. The Balaban J connectivity index is 3.07. The van der Waals surface area contributed by atoms with Gasteiger partial charge in [0.05, 0.1) is 33.0 Å². The summed E-state index contributed by atoms with van der Waals surface area (Å²) >= 11 is 0. The fourth-order valence-electron chi connectivity index (χ4n) is 3.39. The summed E-state index contributed by atoms with van der Waals surface area (Å²) in [6.07, 6.45) is 19.8. The van der Waals surface area contributed by atoms with Crippen LogP contribution in [-0.2, 0) is 23.7 Å². The number of hydrogen-bond donors (Lipinski definition) is 0.